The molecule has 6 nitrogen and oxygen atoms in total. The standard InChI is InChI=1S/C14H19N3O3/c1-10(15)13(19)16-6-8-17(9-7-16)14(20)11-2-4-12(18)5-3-11/h2-5,10,18H,6-9,15H2,1H3/t10-/m0/s1. The van der Waals surface area contributed by atoms with Crippen LogP contribution in [0.25, 0.3) is 0 Å². The molecule has 6 heteroatoms. The minimum atomic E-state index is -0.505. The molecule has 0 aliphatic carbocycles. The molecule has 2 amide bonds. The van der Waals surface area contributed by atoms with Gasteiger partial charge in [-0.1, -0.05) is 0 Å². The predicted octanol–water partition coefficient (Wildman–Crippen LogP) is 0.0238. The summed E-state index contributed by atoms with van der Waals surface area (Å²) in [5.41, 5.74) is 6.11. The van der Waals surface area contributed by atoms with E-state index in [9.17, 15) is 14.7 Å². The Morgan fingerprint density at radius 2 is 1.60 bits per heavy atom. The molecule has 1 aliphatic heterocycles. The molecule has 0 spiro atoms. The van der Waals surface area contributed by atoms with Gasteiger partial charge in [0.1, 0.15) is 5.75 Å². The fourth-order valence-electron chi connectivity index (χ4n) is 2.20. The number of nitrogens with two attached hydrogens (primary N) is 1. The quantitative estimate of drug-likeness (QED) is 0.798. The molecular formula is C14H19N3O3. The summed E-state index contributed by atoms with van der Waals surface area (Å²) in [6, 6.07) is 5.66. The van der Waals surface area contributed by atoms with Crippen molar-refractivity contribution in [2.45, 2.75) is 13.0 Å². The number of hydrogen-bond acceptors (Lipinski definition) is 4. The number of carbonyl (C=O) groups is 2. The van der Waals surface area contributed by atoms with Gasteiger partial charge in [0.2, 0.25) is 5.91 Å². The van der Waals surface area contributed by atoms with E-state index in [4.69, 9.17) is 5.73 Å². The van der Waals surface area contributed by atoms with Crippen molar-refractivity contribution in [3.8, 4) is 5.75 Å². The highest BCUT2D eigenvalue weighted by molar-refractivity contribution is 5.94. The summed E-state index contributed by atoms with van der Waals surface area (Å²) < 4.78 is 0. The maximum absolute atomic E-state index is 12.2. The molecule has 1 atom stereocenters. The number of phenolic OH excluding ortho intramolecular Hbond substituents is 1. The first kappa shape index (κ1) is 14.3. The van der Waals surface area contributed by atoms with Gasteiger partial charge in [-0.25, -0.2) is 0 Å². The maximum atomic E-state index is 12.2. The van der Waals surface area contributed by atoms with E-state index >= 15 is 0 Å². The van der Waals surface area contributed by atoms with Crippen molar-refractivity contribution in [3.05, 3.63) is 29.8 Å². The monoisotopic (exact) mass is 277 g/mol. The molecule has 0 bridgehead atoms. The average Bonchev–Trinajstić information content (AvgIpc) is 2.46. The molecule has 0 saturated carbocycles. The molecule has 1 aliphatic rings. The molecule has 1 aromatic carbocycles. The first-order valence-corrected chi connectivity index (χ1v) is 6.61. The van der Waals surface area contributed by atoms with Crippen LogP contribution in [0.3, 0.4) is 0 Å². The van der Waals surface area contributed by atoms with E-state index in [1.807, 2.05) is 0 Å². The van der Waals surface area contributed by atoms with Crippen molar-refractivity contribution in [2.75, 3.05) is 26.2 Å². The number of nitrogens with zero attached hydrogens (tertiary/aromatic N) is 2. The Balaban J connectivity index is 1.95. The molecule has 1 fully saturated rings. The molecule has 0 aromatic heterocycles. The molecule has 3 N–H and O–H groups in total. The summed E-state index contributed by atoms with van der Waals surface area (Å²) in [5.74, 6) is -0.0338. The summed E-state index contributed by atoms with van der Waals surface area (Å²) in [6.45, 7) is 3.67. The van der Waals surface area contributed by atoms with E-state index in [0.29, 0.717) is 31.7 Å². The van der Waals surface area contributed by atoms with E-state index in [-0.39, 0.29) is 17.6 Å². The van der Waals surface area contributed by atoms with Crippen LogP contribution < -0.4 is 5.73 Å². The van der Waals surface area contributed by atoms with Gasteiger partial charge in [-0.05, 0) is 31.2 Å². The van der Waals surface area contributed by atoms with Gasteiger partial charge < -0.3 is 20.6 Å². The van der Waals surface area contributed by atoms with Gasteiger partial charge in [-0.2, -0.15) is 0 Å². The maximum Gasteiger partial charge on any atom is 0.253 e. The first-order valence-electron chi connectivity index (χ1n) is 6.61. The Bertz CT molecular complexity index is 491. The molecule has 20 heavy (non-hydrogen) atoms. The largest absolute Gasteiger partial charge is 0.508 e. The second-order valence-electron chi connectivity index (χ2n) is 4.95. The normalized spacial score (nSPS) is 16.9. The van der Waals surface area contributed by atoms with E-state index in [2.05, 4.69) is 0 Å². The van der Waals surface area contributed by atoms with Crippen LogP contribution in [0.15, 0.2) is 24.3 Å². The number of carbonyl (C=O) groups excluding carboxylic acids is 2. The van der Waals surface area contributed by atoms with Gasteiger partial charge in [0.25, 0.3) is 5.91 Å². The summed E-state index contributed by atoms with van der Waals surface area (Å²) >= 11 is 0. The van der Waals surface area contributed by atoms with E-state index in [1.165, 1.54) is 12.1 Å². The number of benzene rings is 1. The Morgan fingerprint density at radius 1 is 1.10 bits per heavy atom. The minimum Gasteiger partial charge on any atom is -0.508 e. The topological polar surface area (TPSA) is 86.9 Å². The zero-order valence-corrected chi connectivity index (χ0v) is 11.5. The third-order valence-electron chi connectivity index (χ3n) is 3.38. The van der Waals surface area contributed by atoms with Crippen LogP contribution in [0, 0.1) is 0 Å². The Morgan fingerprint density at radius 3 is 2.10 bits per heavy atom. The van der Waals surface area contributed by atoms with E-state index < -0.39 is 6.04 Å². The van der Waals surface area contributed by atoms with Gasteiger partial charge in [0, 0.05) is 31.7 Å². The lowest BCUT2D eigenvalue weighted by molar-refractivity contribution is -0.133. The van der Waals surface area contributed by atoms with Crippen LogP contribution in [0.5, 0.6) is 5.75 Å². The highest BCUT2D eigenvalue weighted by Gasteiger charge is 2.25. The number of rotatable bonds is 2. The second kappa shape index (κ2) is 5.92. The van der Waals surface area contributed by atoms with Crippen molar-refractivity contribution in [1.82, 2.24) is 9.80 Å². The molecule has 1 heterocycles. The molecule has 2 rings (SSSR count). The van der Waals surface area contributed by atoms with Gasteiger partial charge >= 0.3 is 0 Å². The van der Waals surface area contributed by atoms with Gasteiger partial charge in [0.05, 0.1) is 6.04 Å². The lowest BCUT2D eigenvalue weighted by Gasteiger charge is -2.35. The van der Waals surface area contributed by atoms with Crippen molar-refractivity contribution in [2.24, 2.45) is 5.73 Å². The molecule has 108 valence electrons. The summed E-state index contributed by atoms with van der Waals surface area (Å²) in [5, 5.41) is 9.22. The van der Waals surface area contributed by atoms with Gasteiger partial charge in [0.15, 0.2) is 0 Å². The van der Waals surface area contributed by atoms with Crippen LogP contribution in [0.2, 0.25) is 0 Å². The SMILES string of the molecule is C[C@H](N)C(=O)N1CCN(C(=O)c2ccc(O)cc2)CC1. The van der Waals surface area contributed by atoms with Crippen LogP contribution in [-0.4, -0.2) is 58.9 Å². The molecule has 0 radical (unpaired) electrons. The fourth-order valence-corrected chi connectivity index (χ4v) is 2.20. The van der Waals surface area contributed by atoms with Crippen LogP contribution in [0.4, 0.5) is 0 Å². The van der Waals surface area contributed by atoms with Crippen molar-refractivity contribution in [1.29, 1.82) is 0 Å². The minimum absolute atomic E-state index is 0.0817. The number of hydrogen-bond donors (Lipinski definition) is 2. The molecule has 0 unspecified atom stereocenters. The third kappa shape index (κ3) is 3.08. The van der Waals surface area contributed by atoms with E-state index in [0.717, 1.165) is 0 Å². The lowest BCUT2D eigenvalue weighted by atomic mass is 10.1. The van der Waals surface area contributed by atoms with Crippen molar-refractivity contribution < 1.29 is 14.7 Å². The predicted molar refractivity (Wildman–Crippen MR) is 74.2 cm³/mol. The Labute approximate surface area is 117 Å². The Kier molecular flexibility index (Phi) is 4.24. The number of amides is 2. The third-order valence-corrected chi connectivity index (χ3v) is 3.38. The Hall–Kier alpha value is -2.08. The van der Waals surface area contributed by atoms with Crippen molar-refractivity contribution >= 4 is 11.8 Å². The van der Waals surface area contributed by atoms with Gasteiger partial charge in [-0.3, -0.25) is 9.59 Å². The highest BCUT2D eigenvalue weighted by Crippen LogP contribution is 2.13. The molecular weight excluding hydrogens is 258 g/mol. The zero-order chi connectivity index (χ0) is 14.7. The lowest BCUT2D eigenvalue weighted by Crippen LogP contribution is -2.53. The number of piperazine rings is 1. The number of phenols is 1. The van der Waals surface area contributed by atoms with Gasteiger partial charge in [-0.15, -0.1) is 0 Å². The van der Waals surface area contributed by atoms with Crippen LogP contribution in [-0.2, 0) is 4.79 Å². The van der Waals surface area contributed by atoms with Crippen molar-refractivity contribution in [3.63, 3.8) is 0 Å². The zero-order valence-electron chi connectivity index (χ0n) is 11.5. The highest BCUT2D eigenvalue weighted by atomic mass is 16.3. The summed E-state index contributed by atoms with van der Waals surface area (Å²) in [6.07, 6.45) is 0. The van der Waals surface area contributed by atoms with E-state index in [1.54, 1.807) is 28.9 Å². The first-order chi connectivity index (χ1) is 9.49. The average molecular weight is 277 g/mol. The number of aromatic hydroxyl groups is 1. The summed E-state index contributed by atoms with van der Waals surface area (Å²) in [7, 11) is 0. The summed E-state index contributed by atoms with van der Waals surface area (Å²) in [4.78, 5) is 27.4. The molecule has 1 aromatic rings. The van der Waals surface area contributed by atoms with Crippen LogP contribution >= 0.6 is 0 Å². The fraction of sp³-hybridized carbons (Fsp3) is 0.429. The van der Waals surface area contributed by atoms with Crippen LogP contribution in [0.1, 0.15) is 17.3 Å². The molecule has 1 saturated heterocycles. The second-order valence-corrected chi connectivity index (χ2v) is 4.95. The smallest absolute Gasteiger partial charge is 0.253 e.